The summed E-state index contributed by atoms with van der Waals surface area (Å²) in [5.41, 5.74) is 8.73. The molecule has 1 amide bonds. The molecule has 0 fully saturated rings. The van der Waals surface area contributed by atoms with Gasteiger partial charge in [-0.25, -0.2) is 9.37 Å². The number of nitrogen functional groups attached to an aromatic ring is 1. The number of carbonyl (C=O) groups excluding carboxylic acids is 1. The molecule has 140 valence electrons. The summed E-state index contributed by atoms with van der Waals surface area (Å²) in [6.45, 7) is 3.11. The van der Waals surface area contributed by atoms with Gasteiger partial charge in [0.15, 0.2) is 0 Å². The van der Waals surface area contributed by atoms with E-state index in [2.05, 4.69) is 15.3 Å². The zero-order valence-electron chi connectivity index (χ0n) is 15.2. The first kappa shape index (κ1) is 18.6. The number of alkyl halides is 1. The summed E-state index contributed by atoms with van der Waals surface area (Å²) in [7, 11) is 0. The number of halogens is 1. The molecule has 0 unspecified atom stereocenters. The molecule has 1 aromatic heterocycles. The predicted octanol–water partition coefficient (Wildman–Crippen LogP) is 3.37. The summed E-state index contributed by atoms with van der Waals surface area (Å²) in [4.78, 5) is 20.3. The fraction of sp³-hybridized carbons (Fsp3) is 0.250. The largest absolute Gasteiger partial charge is 0.474 e. The molecule has 1 heterocycles. The number of hydrogen-bond acceptors (Lipinski definition) is 5. The second-order valence-electron chi connectivity index (χ2n) is 6.36. The van der Waals surface area contributed by atoms with Crippen LogP contribution in [0.5, 0.6) is 5.88 Å². The molecule has 27 heavy (non-hydrogen) atoms. The van der Waals surface area contributed by atoms with Gasteiger partial charge >= 0.3 is 0 Å². The summed E-state index contributed by atoms with van der Waals surface area (Å²) in [5.74, 6) is 0.218. The maximum absolute atomic E-state index is 12.5. The van der Waals surface area contributed by atoms with Crippen LogP contribution in [0.4, 0.5) is 10.3 Å². The van der Waals surface area contributed by atoms with Crippen LogP contribution < -0.4 is 15.8 Å². The van der Waals surface area contributed by atoms with E-state index in [1.807, 2.05) is 44.2 Å². The first-order valence-electron chi connectivity index (χ1n) is 8.65. The third-order valence-electron chi connectivity index (χ3n) is 3.89. The highest BCUT2D eigenvalue weighted by Gasteiger charge is 2.11. The van der Waals surface area contributed by atoms with Crippen molar-refractivity contribution in [2.75, 3.05) is 19.0 Å². The van der Waals surface area contributed by atoms with E-state index in [1.54, 1.807) is 12.1 Å². The Balaban J connectivity index is 1.94. The average Bonchev–Trinajstić information content (AvgIpc) is 2.65. The molecule has 0 aliphatic carbocycles. The van der Waals surface area contributed by atoms with Crippen molar-refractivity contribution in [3.8, 4) is 17.0 Å². The molecule has 0 saturated heterocycles. The van der Waals surface area contributed by atoms with Gasteiger partial charge in [0.05, 0.1) is 10.9 Å². The maximum atomic E-state index is 12.5. The minimum Gasteiger partial charge on any atom is -0.474 e. The van der Waals surface area contributed by atoms with Crippen molar-refractivity contribution < 1.29 is 13.9 Å². The third kappa shape index (κ3) is 4.31. The molecule has 0 radical (unpaired) electrons. The summed E-state index contributed by atoms with van der Waals surface area (Å²) >= 11 is 0. The normalized spacial score (nSPS) is 11.0. The lowest BCUT2D eigenvalue weighted by atomic mass is 10.0. The van der Waals surface area contributed by atoms with Gasteiger partial charge in [0.2, 0.25) is 11.8 Å². The topological polar surface area (TPSA) is 90.1 Å². The molecule has 0 aliphatic heterocycles. The first-order valence-corrected chi connectivity index (χ1v) is 8.65. The molecule has 0 aliphatic rings. The third-order valence-corrected chi connectivity index (χ3v) is 3.89. The molecule has 3 rings (SSSR count). The van der Waals surface area contributed by atoms with Gasteiger partial charge in [-0.2, -0.15) is 4.98 Å². The van der Waals surface area contributed by atoms with Gasteiger partial charge in [-0.05, 0) is 49.2 Å². The molecule has 6 nitrogen and oxygen atoms in total. The van der Waals surface area contributed by atoms with Gasteiger partial charge in [-0.1, -0.05) is 18.2 Å². The number of hydrogen-bond donors (Lipinski definition) is 2. The molecule has 0 atom stereocenters. The monoisotopic (exact) mass is 368 g/mol. The van der Waals surface area contributed by atoms with E-state index in [0.717, 1.165) is 11.1 Å². The number of aromatic nitrogens is 2. The number of rotatable bonds is 6. The minimum atomic E-state index is -0.620. The number of benzene rings is 2. The Labute approximate surface area is 156 Å². The smallest absolute Gasteiger partial charge is 0.251 e. The van der Waals surface area contributed by atoms with E-state index in [9.17, 15) is 9.18 Å². The highest BCUT2D eigenvalue weighted by atomic mass is 19.1. The van der Waals surface area contributed by atoms with Crippen LogP contribution in [0.2, 0.25) is 0 Å². The second-order valence-corrected chi connectivity index (χ2v) is 6.36. The highest BCUT2D eigenvalue weighted by molar-refractivity contribution is 5.95. The van der Waals surface area contributed by atoms with Crippen molar-refractivity contribution >= 4 is 22.8 Å². The fourth-order valence-electron chi connectivity index (χ4n) is 2.70. The highest BCUT2D eigenvalue weighted by Crippen LogP contribution is 2.29. The number of ether oxygens (including phenoxy) is 1. The second kappa shape index (κ2) is 7.99. The van der Waals surface area contributed by atoms with Crippen LogP contribution in [0.25, 0.3) is 22.0 Å². The lowest BCUT2D eigenvalue weighted by Crippen LogP contribution is -2.29. The number of nitrogens with one attached hydrogen (secondary N) is 1. The van der Waals surface area contributed by atoms with Crippen LogP contribution >= 0.6 is 0 Å². The summed E-state index contributed by atoms with van der Waals surface area (Å²) in [6.07, 6.45) is 0. The fourth-order valence-corrected chi connectivity index (χ4v) is 2.70. The quantitative estimate of drug-likeness (QED) is 0.696. The van der Waals surface area contributed by atoms with Gasteiger partial charge in [0, 0.05) is 11.6 Å². The van der Waals surface area contributed by atoms with Gasteiger partial charge in [-0.3, -0.25) is 4.79 Å². The Kier molecular flexibility index (Phi) is 5.49. The van der Waals surface area contributed by atoms with E-state index in [0.29, 0.717) is 16.5 Å². The average molecular weight is 368 g/mol. The van der Waals surface area contributed by atoms with Crippen molar-refractivity contribution in [1.82, 2.24) is 15.3 Å². The lowest BCUT2D eigenvalue weighted by Gasteiger charge is -2.10. The van der Waals surface area contributed by atoms with E-state index >= 15 is 0 Å². The number of anilines is 1. The Morgan fingerprint density at radius 3 is 2.52 bits per heavy atom. The zero-order chi connectivity index (χ0) is 19.4. The molecule has 7 heteroatoms. The van der Waals surface area contributed by atoms with E-state index in [4.69, 9.17) is 10.5 Å². The molecular formula is C20H21FN4O2. The van der Waals surface area contributed by atoms with Crippen molar-refractivity contribution in [1.29, 1.82) is 0 Å². The van der Waals surface area contributed by atoms with Crippen molar-refractivity contribution in [2.24, 2.45) is 0 Å². The maximum Gasteiger partial charge on any atom is 0.251 e. The van der Waals surface area contributed by atoms with Gasteiger partial charge in [-0.15, -0.1) is 0 Å². The molecule has 3 N–H and O–H groups in total. The minimum absolute atomic E-state index is 0.0737. The lowest BCUT2D eigenvalue weighted by molar-refractivity contribution is 0.0943. The van der Waals surface area contributed by atoms with Crippen molar-refractivity contribution in [3.63, 3.8) is 0 Å². The Morgan fingerprint density at radius 1 is 1.15 bits per heavy atom. The molecule has 3 aromatic rings. The number of fused-ring (bicyclic) bond motifs is 1. The Bertz CT molecular complexity index is 958. The van der Waals surface area contributed by atoms with Gasteiger partial charge < -0.3 is 15.8 Å². The summed E-state index contributed by atoms with van der Waals surface area (Å²) in [5, 5.41) is 3.51. The van der Waals surface area contributed by atoms with Crippen LogP contribution in [-0.2, 0) is 0 Å². The van der Waals surface area contributed by atoms with E-state index < -0.39 is 6.67 Å². The van der Waals surface area contributed by atoms with Crippen molar-refractivity contribution in [2.45, 2.75) is 19.9 Å². The number of nitrogens with two attached hydrogens (primary N) is 1. The predicted molar refractivity (Wildman–Crippen MR) is 103 cm³/mol. The van der Waals surface area contributed by atoms with E-state index in [1.165, 1.54) is 0 Å². The van der Waals surface area contributed by atoms with Gasteiger partial charge in [0.1, 0.15) is 13.3 Å². The number of amides is 1. The van der Waals surface area contributed by atoms with Crippen molar-refractivity contribution in [3.05, 3.63) is 48.0 Å². The first-order chi connectivity index (χ1) is 13.0. The number of carbonyl (C=O) groups is 1. The van der Waals surface area contributed by atoms with Crippen LogP contribution in [0.1, 0.15) is 24.2 Å². The molecule has 0 spiro atoms. The van der Waals surface area contributed by atoms with Gasteiger partial charge in [0.25, 0.3) is 5.91 Å². The van der Waals surface area contributed by atoms with Crippen LogP contribution in [0, 0.1) is 0 Å². The molecular weight excluding hydrogens is 347 g/mol. The summed E-state index contributed by atoms with van der Waals surface area (Å²) in [6, 6.07) is 12.9. The molecule has 0 saturated carbocycles. The number of nitrogens with zero attached hydrogens (tertiary/aromatic N) is 2. The zero-order valence-corrected chi connectivity index (χ0v) is 15.2. The van der Waals surface area contributed by atoms with Crippen LogP contribution in [0.3, 0.4) is 0 Å². The van der Waals surface area contributed by atoms with Crippen LogP contribution in [-0.4, -0.2) is 35.2 Å². The molecule has 0 bridgehead atoms. The SMILES string of the molecule is CC(C)NC(=O)c1ccc(-c2ccc3nc(N)nc(OCCF)c3c2)cc1. The molecule has 2 aromatic carbocycles. The standard InChI is InChI=1S/C20H21FN4O2/c1-12(2)23-18(26)14-5-3-13(4-6-14)15-7-8-17-16(11-15)19(27-10-9-21)25-20(22)24-17/h3-8,11-12H,9-10H2,1-2H3,(H,23,26)(H2,22,24,25). The van der Waals surface area contributed by atoms with E-state index in [-0.39, 0.29) is 30.4 Å². The Hall–Kier alpha value is -3.22. The van der Waals surface area contributed by atoms with Crippen LogP contribution in [0.15, 0.2) is 42.5 Å². The Morgan fingerprint density at radius 2 is 1.85 bits per heavy atom. The summed E-state index contributed by atoms with van der Waals surface area (Å²) < 4.78 is 17.8.